The number of nitrogens with two attached hydrogens (primary N) is 1. The number of esters is 1. The number of pyridine rings is 1. The van der Waals surface area contributed by atoms with Crippen molar-refractivity contribution in [2.75, 3.05) is 12.8 Å². The monoisotopic (exact) mass is 458 g/mol. The van der Waals surface area contributed by atoms with E-state index in [2.05, 4.69) is 35.8 Å². The van der Waals surface area contributed by atoms with E-state index < -0.39 is 36.9 Å². The number of methoxy groups -OCH3 is 1. The molecular weight excluding hydrogens is 437 g/mol. The van der Waals surface area contributed by atoms with E-state index in [4.69, 9.17) is 5.73 Å². The molecule has 0 aliphatic carbocycles. The van der Waals surface area contributed by atoms with Crippen LogP contribution in [0.5, 0.6) is 0 Å². The van der Waals surface area contributed by atoms with E-state index in [0.29, 0.717) is 5.56 Å². The van der Waals surface area contributed by atoms with Crippen LogP contribution in [0, 0.1) is 11.5 Å². The van der Waals surface area contributed by atoms with Crippen molar-refractivity contribution in [1.82, 2.24) is 4.57 Å². The number of aromatic nitrogens is 1. The minimum absolute atomic E-state index is 0.0732. The molecule has 1 aromatic heterocycles. The molecule has 0 amide bonds. The average Bonchev–Trinajstić information content (AvgIpc) is 2.71. The predicted octanol–water partition coefficient (Wildman–Crippen LogP) is 4.61. The summed E-state index contributed by atoms with van der Waals surface area (Å²) in [5, 5.41) is 0.126. The van der Waals surface area contributed by atoms with E-state index in [1.54, 1.807) is 24.3 Å². The number of benzene rings is 2. The summed E-state index contributed by atoms with van der Waals surface area (Å²) in [6, 6.07) is 9.30. The Morgan fingerprint density at radius 1 is 1.09 bits per heavy atom. The number of hydrogen-bond acceptors (Lipinski definition) is 4. The summed E-state index contributed by atoms with van der Waals surface area (Å²) < 4.78 is 45.7. The third-order valence-electron chi connectivity index (χ3n) is 4.64. The maximum Gasteiger partial charge on any atom is 0.416 e. The highest BCUT2D eigenvalue weighted by molar-refractivity contribution is 6.83. The molecule has 5 nitrogen and oxygen atoms in total. The summed E-state index contributed by atoms with van der Waals surface area (Å²) in [6.07, 6.45) is -4.62. The van der Waals surface area contributed by atoms with Crippen LogP contribution in [0.25, 0.3) is 16.6 Å². The molecule has 2 aromatic carbocycles. The van der Waals surface area contributed by atoms with Crippen molar-refractivity contribution < 1.29 is 22.7 Å². The number of nitrogen functional groups attached to an aromatic ring is 1. The van der Waals surface area contributed by atoms with Gasteiger partial charge in [-0.2, -0.15) is 13.2 Å². The first kappa shape index (κ1) is 23.2. The molecule has 0 saturated carbocycles. The van der Waals surface area contributed by atoms with Crippen LogP contribution < -0.4 is 11.3 Å². The van der Waals surface area contributed by atoms with E-state index in [0.717, 1.165) is 29.9 Å². The first-order valence-corrected chi connectivity index (χ1v) is 13.1. The van der Waals surface area contributed by atoms with Gasteiger partial charge in [0.1, 0.15) is 13.6 Å². The summed E-state index contributed by atoms with van der Waals surface area (Å²) in [5.41, 5.74) is 7.62. The van der Waals surface area contributed by atoms with Crippen molar-refractivity contribution in [1.29, 1.82) is 0 Å². The van der Waals surface area contributed by atoms with Gasteiger partial charge in [0.05, 0.1) is 23.9 Å². The predicted molar refractivity (Wildman–Crippen MR) is 121 cm³/mol. The molecule has 0 radical (unpaired) electrons. The molecule has 0 spiro atoms. The van der Waals surface area contributed by atoms with Crippen molar-refractivity contribution >= 4 is 30.6 Å². The van der Waals surface area contributed by atoms with E-state index >= 15 is 0 Å². The van der Waals surface area contributed by atoms with Crippen LogP contribution in [0.15, 0.2) is 47.3 Å². The minimum Gasteiger partial charge on any atom is -0.465 e. The topological polar surface area (TPSA) is 74.3 Å². The largest absolute Gasteiger partial charge is 0.465 e. The summed E-state index contributed by atoms with van der Waals surface area (Å²) in [4.78, 5) is 25.4. The van der Waals surface area contributed by atoms with E-state index in [1.807, 2.05) is 0 Å². The lowest BCUT2D eigenvalue weighted by Gasteiger charge is -2.17. The number of carbonyl (C=O) groups is 1. The molecule has 0 aliphatic rings. The van der Waals surface area contributed by atoms with Gasteiger partial charge in [0.25, 0.3) is 5.56 Å². The number of carbonyl (C=O) groups excluding carboxylic acids is 1. The van der Waals surface area contributed by atoms with Crippen LogP contribution in [0.2, 0.25) is 19.6 Å². The van der Waals surface area contributed by atoms with Gasteiger partial charge in [0.15, 0.2) is 0 Å². The number of anilines is 1. The number of halogens is 3. The second-order valence-corrected chi connectivity index (χ2v) is 12.9. The number of ether oxygens (including phenoxy) is 1. The molecule has 3 aromatic rings. The maximum absolute atomic E-state index is 13.3. The van der Waals surface area contributed by atoms with Crippen LogP contribution in [0.4, 0.5) is 18.9 Å². The third-order valence-corrected chi connectivity index (χ3v) is 5.51. The van der Waals surface area contributed by atoms with Crippen LogP contribution in [0.3, 0.4) is 0 Å². The van der Waals surface area contributed by atoms with Gasteiger partial charge in [0, 0.05) is 16.6 Å². The lowest BCUT2D eigenvalue weighted by molar-refractivity contribution is -0.137. The lowest BCUT2D eigenvalue weighted by atomic mass is 10.0. The fourth-order valence-corrected chi connectivity index (χ4v) is 3.62. The van der Waals surface area contributed by atoms with Crippen LogP contribution in [0.1, 0.15) is 21.5 Å². The van der Waals surface area contributed by atoms with Crippen molar-refractivity contribution in [3.05, 3.63) is 69.5 Å². The SMILES string of the molecule is COC(=O)c1c(N)c2ccc(C(F)(F)F)cc2n(-c2ccc(C#C[Si](C)(C)C)cc2)c1=O. The highest BCUT2D eigenvalue weighted by Crippen LogP contribution is 2.34. The number of nitrogens with zero attached hydrogens (tertiary/aromatic N) is 1. The summed E-state index contributed by atoms with van der Waals surface area (Å²) >= 11 is 0. The highest BCUT2D eigenvalue weighted by Gasteiger charge is 2.32. The number of fused-ring (bicyclic) bond motifs is 1. The van der Waals surface area contributed by atoms with Gasteiger partial charge in [-0.15, -0.1) is 5.54 Å². The number of rotatable bonds is 2. The van der Waals surface area contributed by atoms with Gasteiger partial charge < -0.3 is 10.5 Å². The molecule has 0 unspecified atom stereocenters. The Labute approximate surface area is 183 Å². The van der Waals surface area contributed by atoms with Crippen molar-refractivity contribution in [3.63, 3.8) is 0 Å². The molecule has 2 N–H and O–H groups in total. The molecule has 0 saturated heterocycles. The summed E-state index contributed by atoms with van der Waals surface area (Å²) in [6.45, 7) is 6.29. The number of hydrogen-bond donors (Lipinski definition) is 1. The van der Waals surface area contributed by atoms with E-state index in [-0.39, 0.29) is 22.3 Å². The second-order valence-electron chi connectivity index (χ2n) is 8.20. The average molecular weight is 459 g/mol. The molecule has 0 atom stereocenters. The van der Waals surface area contributed by atoms with Gasteiger partial charge >= 0.3 is 12.1 Å². The number of alkyl halides is 3. The fraction of sp³-hybridized carbons (Fsp3) is 0.217. The first-order valence-electron chi connectivity index (χ1n) is 9.61. The van der Waals surface area contributed by atoms with E-state index in [1.165, 1.54) is 0 Å². The van der Waals surface area contributed by atoms with Gasteiger partial charge in [-0.3, -0.25) is 9.36 Å². The Morgan fingerprint density at radius 2 is 1.72 bits per heavy atom. The first-order chi connectivity index (χ1) is 14.8. The molecular formula is C23H21F3N2O3Si. The zero-order valence-electron chi connectivity index (χ0n) is 17.9. The van der Waals surface area contributed by atoms with Crippen molar-refractivity contribution in [2.45, 2.75) is 25.8 Å². The minimum atomic E-state index is -4.62. The quantitative estimate of drug-likeness (QED) is 0.346. The smallest absolute Gasteiger partial charge is 0.416 e. The van der Waals surface area contributed by atoms with Crippen molar-refractivity contribution in [3.8, 4) is 17.2 Å². The molecule has 0 bridgehead atoms. The normalized spacial score (nSPS) is 11.7. The van der Waals surface area contributed by atoms with Gasteiger partial charge in [-0.1, -0.05) is 31.6 Å². The second kappa shape index (κ2) is 8.20. The molecule has 166 valence electrons. The molecule has 0 aliphatic heterocycles. The Morgan fingerprint density at radius 3 is 2.25 bits per heavy atom. The third kappa shape index (κ3) is 4.55. The van der Waals surface area contributed by atoms with E-state index in [9.17, 15) is 22.8 Å². The molecule has 3 rings (SSSR count). The van der Waals surface area contributed by atoms with Gasteiger partial charge in [-0.25, -0.2) is 4.79 Å². The molecule has 1 heterocycles. The Balaban J connectivity index is 2.34. The molecule has 9 heteroatoms. The zero-order valence-corrected chi connectivity index (χ0v) is 18.9. The van der Waals surface area contributed by atoms with Crippen LogP contribution >= 0.6 is 0 Å². The Kier molecular flexibility index (Phi) is 5.94. The standard InChI is InChI=1S/C23H21F3N2O3Si/c1-31-22(30)19-20(27)17-10-7-15(23(24,25)26)13-18(17)28(21(19)29)16-8-5-14(6-9-16)11-12-32(2,3)4/h5-10,13H,27H2,1-4H3. The Bertz CT molecular complexity index is 1330. The summed E-state index contributed by atoms with van der Waals surface area (Å²) in [5.74, 6) is 2.10. The molecule has 0 fully saturated rings. The van der Waals surface area contributed by atoms with Crippen LogP contribution in [-0.2, 0) is 10.9 Å². The maximum atomic E-state index is 13.3. The van der Waals surface area contributed by atoms with Crippen molar-refractivity contribution in [2.24, 2.45) is 0 Å². The van der Waals surface area contributed by atoms with Crippen LogP contribution in [-0.4, -0.2) is 25.7 Å². The zero-order chi connectivity index (χ0) is 23.8. The highest BCUT2D eigenvalue weighted by atomic mass is 28.3. The lowest BCUT2D eigenvalue weighted by Crippen LogP contribution is -2.28. The van der Waals surface area contributed by atoms with Gasteiger partial charge in [0.2, 0.25) is 0 Å². The Hall–Kier alpha value is -3.51. The molecule has 32 heavy (non-hydrogen) atoms. The summed E-state index contributed by atoms with van der Waals surface area (Å²) in [7, 11) is -0.514. The van der Waals surface area contributed by atoms with Gasteiger partial charge in [-0.05, 0) is 36.4 Å². The fourth-order valence-electron chi connectivity index (χ4n) is 3.10.